The summed E-state index contributed by atoms with van der Waals surface area (Å²) in [5.74, 6) is -4.04. The van der Waals surface area contributed by atoms with E-state index in [0.29, 0.717) is 55.6 Å². The summed E-state index contributed by atoms with van der Waals surface area (Å²) < 4.78 is 72.2. The summed E-state index contributed by atoms with van der Waals surface area (Å²) in [5, 5.41) is 0. The maximum atomic E-state index is 14.5. The smallest absolute Gasteiger partial charge is 0.338 e. The zero-order chi connectivity index (χ0) is 32.2. The van der Waals surface area contributed by atoms with Gasteiger partial charge in [0.2, 0.25) is 11.6 Å². The van der Waals surface area contributed by atoms with Gasteiger partial charge in [-0.2, -0.15) is 8.78 Å². The fraction of sp³-hybridized carbons (Fsp3) is 0.324. The van der Waals surface area contributed by atoms with Crippen LogP contribution in [0.25, 0.3) is 11.1 Å². The molecule has 1 aliphatic rings. The lowest BCUT2D eigenvalue weighted by molar-refractivity contribution is 0.0194. The lowest BCUT2D eigenvalue weighted by Gasteiger charge is -2.29. The van der Waals surface area contributed by atoms with E-state index in [2.05, 4.69) is 0 Å². The van der Waals surface area contributed by atoms with Crippen molar-refractivity contribution in [2.24, 2.45) is 0 Å². The molecule has 0 radical (unpaired) electrons. The summed E-state index contributed by atoms with van der Waals surface area (Å²) >= 11 is 0. The van der Waals surface area contributed by atoms with E-state index in [1.54, 1.807) is 61.5 Å². The molecule has 4 aromatic rings. The number of carbonyl (C=O) groups is 1. The van der Waals surface area contributed by atoms with Crippen LogP contribution in [-0.4, -0.2) is 25.3 Å². The topological polar surface area (TPSA) is 44.8 Å². The van der Waals surface area contributed by atoms with Gasteiger partial charge in [0.25, 0.3) is 0 Å². The highest BCUT2D eigenvalue weighted by molar-refractivity contribution is 5.89. The van der Waals surface area contributed by atoms with Gasteiger partial charge in [-0.1, -0.05) is 67.9 Å². The Bertz CT molecular complexity index is 1520. The molecule has 1 saturated carbocycles. The number of rotatable bonds is 10. The van der Waals surface area contributed by atoms with Gasteiger partial charge in [-0.25, -0.2) is 13.6 Å². The number of hydrogen-bond acceptors (Lipinski definition) is 4. The molecule has 0 bridgehead atoms. The van der Waals surface area contributed by atoms with E-state index in [1.165, 1.54) is 18.2 Å². The summed E-state index contributed by atoms with van der Waals surface area (Å²) in [6, 6.07) is 23.8. The van der Waals surface area contributed by atoms with Gasteiger partial charge < -0.3 is 14.2 Å². The predicted molar refractivity (Wildman–Crippen MR) is 167 cm³/mol. The van der Waals surface area contributed by atoms with Crippen molar-refractivity contribution < 1.29 is 36.6 Å². The number of carbonyl (C=O) groups excluding carboxylic acids is 1. The second kappa shape index (κ2) is 16.7. The normalized spacial score (nSPS) is 15.9. The highest BCUT2D eigenvalue weighted by Crippen LogP contribution is 2.37. The molecular formula is C37H38F4O4. The first kappa shape index (κ1) is 33.6. The zero-order valence-electron chi connectivity index (χ0n) is 25.5. The van der Waals surface area contributed by atoms with E-state index in [1.807, 2.05) is 19.1 Å². The van der Waals surface area contributed by atoms with Crippen LogP contribution in [0.4, 0.5) is 17.6 Å². The second-order valence-electron chi connectivity index (χ2n) is 10.8. The van der Waals surface area contributed by atoms with Crippen molar-refractivity contribution in [3.63, 3.8) is 0 Å². The summed E-state index contributed by atoms with van der Waals surface area (Å²) in [6.45, 7) is 4.42. The molecule has 0 heterocycles. The van der Waals surface area contributed by atoms with Crippen molar-refractivity contribution in [1.29, 1.82) is 0 Å². The standard InChI is InChI=1S/C23H26F2O3.C14H12F2O/c1-2-3-15-27-20-14-13-19(21(24)22(20)25)16-9-11-18(12-10-16)28-23(26)17-7-5-4-6-8-17;1-2-17-12-9-8-11(13(15)14(12)16)10-6-4-3-5-7-10/h4-8,13-14,16,18H,2-3,9-12,15H2,1H3;3-9H,2H2,1H3. The molecule has 0 unspecified atom stereocenters. The third-order valence-electron chi connectivity index (χ3n) is 7.66. The van der Waals surface area contributed by atoms with Crippen LogP contribution in [0.2, 0.25) is 0 Å². The molecule has 1 aliphatic carbocycles. The van der Waals surface area contributed by atoms with Crippen LogP contribution < -0.4 is 9.47 Å². The third kappa shape index (κ3) is 8.87. The van der Waals surface area contributed by atoms with Gasteiger partial charge in [0.1, 0.15) is 6.10 Å². The number of hydrogen-bond donors (Lipinski definition) is 0. The maximum absolute atomic E-state index is 14.5. The van der Waals surface area contributed by atoms with Crippen molar-refractivity contribution in [2.45, 2.75) is 64.4 Å². The fourth-order valence-corrected chi connectivity index (χ4v) is 5.22. The SMILES string of the molecule is CCCCOc1ccc(C2CCC(OC(=O)c3ccccc3)CC2)c(F)c1F.CCOc1ccc(-c2ccccc2)c(F)c1F. The molecule has 5 rings (SSSR count). The lowest BCUT2D eigenvalue weighted by atomic mass is 9.82. The number of ether oxygens (including phenoxy) is 3. The molecule has 4 aromatic carbocycles. The molecule has 8 heteroatoms. The van der Waals surface area contributed by atoms with E-state index < -0.39 is 23.3 Å². The molecule has 45 heavy (non-hydrogen) atoms. The molecule has 0 saturated heterocycles. The van der Waals surface area contributed by atoms with Crippen molar-refractivity contribution in [2.75, 3.05) is 13.2 Å². The van der Waals surface area contributed by atoms with Crippen LogP contribution in [-0.2, 0) is 4.74 Å². The highest BCUT2D eigenvalue weighted by atomic mass is 19.2. The molecular weight excluding hydrogens is 584 g/mol. The number of unbranched alkanes of at least 4 members (excludes halogenated alkanes) is 1. The molecule has 4 nitrogen and oxygen atoms in total. The van der Waals surface area contributed by atoms with E-state index >= 15 is 0 Å². The molecule has 1 fully saturated rings. The first-order valence-electron chi connectivity index (χ1n) is 15.4. The van der Waals surface area contributed by atoms with Gasteiger partial charge in [-0.15, -0.1) is 0 Å². The molecule has 0 spiro atoms. The first-order valence-corrected chi connectivity index (χ1v) is 15.4. The first-order chi connectivity index (χ1) is 21.8. The Morgan fingerprint density at radius 2 is 1.29 bits per heavy atom. The van der Waals surface area contributed by atoms with Crippen molar-refractivity contribution >= 4 is 5.97 Å². The summed E-state index contributed by atoms with van der Waals surface area (Å²) in [5.41, 5.74) is 1.79. The van der Waals surface area contributed by atoms with Gasteiger partial charge in [-0.3, -0.25) is 0 Å². The maximum Gasteiger partial charge on any atom is 0.338 e. The average molecular weight is 623 g/mol. The van der Waals surface area contributed by atoms with E-state index in [4.69, 9.17) is 14.2 Å². The molecule has 0 aromatic heterocycles. The minimum atomic E-state index is -0.937. The van der Waals surface area contributed by atoms with Crippen LogP contribution in [0.3, 0.4) is 0 Å². The summed E-state index contributed by atoms with van der Waals surface area (Å²) in [7, 11) is 0. The van der Waals surface area contributed by atoms with Gasteiger partial charge >= 0.3 is 5.97 Å². The van der Waals surface area contributed by atoms with Crippen molar-refractivity contribution in [3.8, 4) is 22.6 Å². The van der Waals surface area contributed by atoms with Crippen molar-refractivity contribution in [3.05, 3.63) is 119 Å². The predicted octanol–water partition coefficient (Wildman–Crippen LogP) is 10.1. The number of halogens is 4. The van der Waals surface area contributed by atoms with Crippen LogP contribution in [0, 0.1) is 23.3 Å². The molecule has 0 aliphatic heterocycles. The third-order valence-corrected chi connectivity index (χ3v) is 7.66. The average Bonchev–Trinajstić information content (AvgIpc) is 3.07. The minimum Gasteiger partial charge on any atom is -0.491 e. The summed E-state index contributed by atoms with van der Waals surface area (Å²) in [4.78, 5) is 12.2. The van der Waals surface area contributed by atoms with Crippen molar-refractivity contribution in [1.82, 2.24) is 0 Å². The molecule has 238 valence electrons. The zero-order valence-corrected chi connectivity index (χ0v) is 25.5. The van der Waals surface area contributed by atoms with Crippen LogP contribution in [0.1, 0.15) is 74.2 Å². The molecule has 0 amide bonds. The summed E-state index contributed by atoms with van der Waals surface area (Å²) in [6.07, 6.45) is 4.12. The Balaban J connectivity index is 0.000000231. The minimum absolute atomic E-state index is 0.0276. The number of benzene rings is 4. The van der Waals surface area contributed by atoms with Crippen LogP contribution >= 0.6 is 0 Å². The Labute approximate surface area is 262 Å². The van der Waals surface area contributed by atoms with Gasteiger partial charge in [0.05, 0.1) is 18.8 Å². The second-order valence-corrected chi connectivity index (χ2v) is 10.8. The fourth-order valence-electron chi connectivity index (χ4n) is 5.22. The Kier molecular flexibility index (Phi) is 12.4. The van der Waals surface area contributed by atoms with Crippen LogP contribution in [0.5, 0.6) is 11.5 Å². The van der Waals surface area contributed by atoms with E-state index in [9.17, 15) is 22.4 Å². The van der Waals surface area contributed by atoms with E-state index in [0.717, 1.165) is 12.8 Å². The quantitative estimate of drug-likeness (QED) is 0.100. The number of esters is 1. The molecule has 0 atom stereocenters. The molecule has 0 N–H and O–H groups in total. The van der Waals surface area contributed by atoms with E-state index in [-0.39, 0.29) is 35.1 Å². The highest BCUT2D eigenvalue weighted by Gasteiger charge is 2.28. The Morgan fingerprint density at radius 3 is 1.93 bits per heavy atom. The lowest BCUT2D eigenvalue weighted by Crippen LogP contribution is -2.24. The van der Waals surface area contributed by atoms with Gasteiger partial charge in [-0.05, 0) is 86.4 Å². The van der Waals surface area contributed by atoms with Gasteiger partial charge in [0.15, 0.2) is 23.1 Å². The largest absolute Gasteiger partial charge is 0.491 e. The monoisotopic (exact) mass is 622 g/mol. The van der Waals surface area contributed by atoms with Gasteiger partial charge in [0, 0.05) is 5.56 Å². The Hall–Kier alpha value is -4.33. The Morgan fingerprint density at radius 1 is 0.689 bits per heavy atom. The van der Waals surface area contributed by atoms with Crippen LogP contribution in [0.15, 0.2) is 84.9 Å².